The van der Waals surface area contributed by atoms with Gasteiger partial charge in [-0.15, -0.1) is 0 Å². The van der Waals surface area contributed by atoms with Crippen molar-refractivity contribution >= 4 is 5.78 Å². The van der Waals surface area contributed by atoms with Crippen LogP contribution in [-0.4, -0.2) is 30.3 Å². The zero-order valence-corrected chi connectivity index (χ0v) is 13.3. The van der Waals surface area contributed by atoms with E-state index >= 15 is 0 Å². The third kappa shape index (κ3) is 3.91. The number of hydrogen-bond acceptors (Lipinski definition) is 2. The molecule has 1 aromatic rings. The molecule has 0 saturated heterocycles. The Balaban J connectivity index is 1.98. The van der Waals surface area contributed by atoms with Gasteiger partial charge in [-0.25, -0.2) is 4.39 Å². The van der Waals surface area contributed by atoms with Crippen LogP contribution in [0.1, 0.15) is 49.9 Å². The second-order valence-corrected chi connectivity index (χ2v) is 6.51. The maximum Gasteiger partial charge on any atom is 0.169 e. The minimum atomic E-state index is -0.414. The van der Waals surface area contributed by atoms with Crippen molar-refractivity contribution in [1.82, 2.24) is 4.90 Å². The molecule has 1 aliphatic rings. The van der Waals surface area contributed by atoms with Crippen molar-refractivity contribution in [3.8, 4) is 0 Å². The molecule has 0 heterocycles. The minimum absolute atomic E-state index is 0.0941. The number of rotatable bonds is 5. The fraction of sp³-hybridized carbons (Fsp3) is 0.611. The Morgan fingerprint density at radius 1 is 1.33 bits per heavy atom. The number of ketones is 1. The largest absolute Gasteiger partial charge is 0.302 e. The van der Waals surface area contributed by atoms with E-state index in [1.54, 1.807) is 18.2 Å². The van der Waals surface area contributed by atoms with Crippen molar-refractivity contribution in [3.05, 3.63) is 35.6 Å². The van der Waals surface area contributed by atoms with E-state index < -0.39 is 5.82 Å². The Bertz CT molecular complexity index is 488. The van der Waals surface area contributed by atoms with Crippen molar-refractivity contribution in [1.29, 1.82) is 0 Å². The van der Waals surface area contributed by atoms with E-state index in [2.05, 4.69) is 18.9 Å². The van der Waals surface area contributed by atoms with E-state index in [0.717, 1.165) is 0 Å². The molecule has 0 aromatic heterocycles. The molecule has 2 nitrogen and oxygen atoms in total. The van der Waals surface area contributed by atoms with Crippen LogP contribution in [0.4, 0.5) is 4.39 Å². The summed E-state index contributed by atoms with van der Waals surface area (Å²) in [6, 6.07) is 6.82. The highest BCUT2D eigenvalue weighted by Crippen LogP contribution is 2.28. The molecule has 0 N–H and O–H groups in total. The second-order valence-electron chi connectivity index (χ2n) is 6.51. The van der Waals surface area contributed by atoms with Crippen molar-refractivity contribution in [2.24, 2.45) is 11.8 Å². The van der Waals surface area contributed by atoms with Crippen LogP contribution in [0.3, 0.4) is 0 Å². The average Bonchev–Trinajstić information content (AvgIpc) is 2.47. The van der Waals surface area contributed by atoms with Gasteiger partial charge < -0.3 is 4.90 Å². The first-order chi connectivity index (χ1) is 10.0. The van der Waals surface area contributed by atoms with Crippen LogP contribution in [0, 0.1) is 17.7 Å². The Kier molecular flexibility index (Phi) is 5.51. The molecule has 2 rings (SSSR count). The molecule has 0 spiro atoms. The minimum Gasteiger partial charge on any atom is -0.302 e. The molecule has 0 bridgehead atoms. The normalized spacial score (nSPS) is 24.0. The second kappa shape index (κ2) is 7.17. The zero-order valence-electron chi connectivity index (χ0n) is 13.3. The van der Waals surface area contributed by atoms with Crippen molar-refractivity contribution in [3.63, 3.8) is 0 Å². The number of hydrogen-bond donors (Lipinski definition) is 0. The molecule has 3 atom stereocenters. The molecule has 1 fully saturated rings. The van der Waals surface area contributed by atoms with Crippen molar-refractivity contribution < 1.29 is 9.18 Å². The molecule has 1 saturated carbocycles. The van der Waals surface area contributed by atoms with Gasteiger partial charge in [0.15, 0.2) is 5.78 Å². The maximum absolute atomic E-state index is 13.7. The lowest BCUT2D eigenvalue weighted by atomic mass is 9.84. The molecule has 3 unspecified atom stereocenters. The van der Waals surface area contributed by atoms with Crippen LogP contribution in [0.25, 0.3) is 0 Å². The van der Waals surface area contributed by atoms with E-state index in [4.69, 9.17) is 0 Å². The molecule has 21 heavy (non-hydrogen) atoms. The monoisotopic (exact) mass is 291 g/mol. The fourth-order valence-corrected chi connectivity index (χ4v) is 3.53. The van der Waals surface area contributed by atoms with Crippen LogP contribution in [0.2, 0.25) is 0 Å². The summed E-state index contributed by atoms with van der Waals surface area (Å²) in [6.45, 7) is 4.89. The summed E-state index contributed by atoms with van der Waals surface area (Å²) in [5, 5.41) is 0. The van der Waals surface area contributed by atoms with Crippen LogP contribution >= 0.6 is 0 Å². The lowest BCUT2D eigenvalue weighted by Crippen LogP contribution is -2.42. The van der Waals surface area contributed by atoms with Gasteiger partial charge in [0.25, 0.3) is 0 Å². The highest BCUT2D eigenvalue weighted by atomic mass is 19.1. The predicted molar refractivity (Wildman–Crippen MR) is 83.9 cm³/mol. The summed E-state index contributed by atoms with van der Waals surface area (Å²) in [5.41, 5.74) is 0.218. The Hall–Kier alpha value is -1.22. The van der Waals surface area contributed by atoms with E-state index in [1.807, 2.05) is 6.92 Å². The van der Waals surface area contributed by atoms with Gasteiger partial charge >= 0.3 is 0 Å². The quantitative estimate of drug-likeness (QED) is 0.759. The Labute approximate surface area is 127 Å². The first-order valence-electron chi connectivity index (χ1n) is 7.99. The molecule has 1 aromatic carbocycles. The summed E-state index contributed by atoms with van der Waals surface area (Å²) < 4.78 is 13.7. The Morgan fingerprint density at radius 2 is 2.00 bits per heavy atom. The summed E-state index contributed by atoms with van der Waals surface area (Å²) >= 11 is 0. The van der Waals surface area contributed by atoms with E-state index in [-0.39, 0.29) is 17.3 Å². The number of carbonyl (C=O) groups is 1. The third-order valence-corrected chi connectivity index (χ3v) is 4.78. The Morgan fingerprint density at radius 3 is 2.67 bits per heavy atom. The summed E-state index contributed by atoms with van der Waals surface area (Å²) in [7, 11) is 2.09. The third-order valence-electron chi connectivity index (χ3n) is 4.78. The fourth-order valence-electron chi connectivity index (χ4n) is 3.53. The van der Waals surface area contributed by atoms with Gasteiger partial charge in [0, 0.05) is 18.5 Å². The first kappa shape index (κ1) is 16.2. The van der Waals surface area contributed by atoms with Gasteiger partial charge in [-0.2, -0.15) is 0 Å². The predicted octanol–water partition coefficient (Wildman–Crippen LogP) is 4.16. The first-order valence-corrected chi connectivity index (χ1v) is 7.99. The van der Waals surface area contributed by atoms with E-state index in [1.165, 1.54) is 31.7 Å². The van der Waals surface area contributed by atoms with Crippen LogP contribution in [0.15, 0.2) is 24.3 Å². The summed E-state index contributed by atoms with van der Waals surface area (Å²) in [6.07, 6.45) is 5.06. The number of halogens is 1. The van der Waals surface area contributed by atoms with Gasteiger partial charge in [0.1, 0.15) is 5.82 Å². The smallest absolute Gasteiger partial charge is 0.169 e. The lowest BCUT2D eigenvalue weighted by Gasteiger charge is -2.37. The van der Waals surface area contributed by atoms with E-state index in [0.29, 0.717) is 18.5 Å². The summed E-state index contributed by atoms with van der Waals surface area (Å²) in [4.78, 5) is 14.7. The van der Waals surface area contributed by atoms with Gasteiger partial charge in [-0.1, -0.05) is 38.8 Å². The van der Waals surface area contributed by atoms with Gasteiger partial charge in [-0.05, 0) is 37.9 Å². The lowest BCUT2D eigenvalue weighted by molar-refractivity contribution is 0.0828. The highest BCUT2D eigenvalue weighted by Gasteiger charge is 2.27. The SMILES string of the molecule is CC(CN(C)C1CCCCC1C)C(=O)c1ccccc1F. The maximum atomic E-state index is 13.7. The van der Waals surface area contributed by atoms with Gasteiger partial charge in [0.05, 0.1) is 5.56 Å². The average molecular weight is 291 g/mol. The van der Waals surface area contributed by atoms with Crippen LogP contribution in [0.5, 0.6) is 0 Å². The molecule has 0 radical (unpaired) electrons. The number of Topliss-reactive ketones (excluding diaryl/α,β-unsaturated/α-hetero) is 1. The molecule has 1 aliphatic carbocycles. The van der Waals surface area contributed by atoms with Gasteiger partial charge in [0.2, 0.25) is 0 Å². The zero-order chi connectivity index (χ0) is 15.4. The molecular weight excluding hydrogens is 265 g/mol. The molecule has 0 aliphatic heterocycles. The van der Waals surface area contributed by atoms with Crippen LogP contribution < -0.4 is 0 Å². The standard InChI is InChI=1S/C18H26FNO/c1-13-8-4-7-11-17(13)20(3)12-14(2)18(21)15-9-5-6-10-16(15)19/h5-6,9-10,13-14,17H,4,7-8,11-12H2,1-3H3. The number of benzene rings is 1. The molecular formula is C18H26FNO. The van der Waals surface area contributed by atoms with Crippen LogP contribution in [-0.2, 0) is 0 Å². The van der Waals surface area contributed by atoms with E-state index in [9.17, 15) is 9.18 Å². The van der Waals surface area contributed by atoms with Crippen molar-refractivity contribution in [2.45, 2.75) is 45.6 Å². The number of carbonyl (C=O) groups excluding carboxylic acids is 1. The highest BCUT2D eigenvalue weighted by molar-refractivity contribution is 5.98. The molecule has 0 amide bonds. The molecule has 3 heteroatoms. The number of nitrogens with zero attached hydrogens (tertiary/aromatic N) is 1. The topological polar surface area (TPSA) is 20.3 Å². The summed E-state index contributed by atoms with van der Waals surface area (Å²) in [5.74, 6) is -0.00742. The molecule has 116 valence electrons. The van der Waals surface area contributed by atoms with Crippen molar-refractivity contribution in [2.75, 3.05) is 13.6 Å². The van der Waals surface area contributed by atoms with Gasteiger partial charge in [-0.3, -0.25) is 4.79 Å².